The van der Waals surface area contributed by atoms with E-state index in [4.69, 9.17) is 9.47 Å². The van der Waals surface area contributed by atoms with Crippen LogP contribution < -0.4 is 15.4 Å². The van der Waals surface area contributed by atoms with Crippen molar-refractivity contribution in [3.63, 3.8) is 0 Å². The van der Waals surface area contributed by atoms with Crippen molar-refractivity contribution >= 4 is 23.7 Å². The van der Waals surface area contributed by atoms with Crippen LogP contribution in [0.25, 0.3) is 0 Å². The van der Waals surface area contributed by atoms with Crippen LogP contribution in [0.2, 0.25) is 0 Å². The molecule has 2 aromatic rings. The Balaban J connectivity index is 2.05. The standard InChI is InChI=1S/C21H22N2O6/c1-3-22-21(27)23-20(26)19(15-8-5-4-6-9-15)29-18(25)13-28-17-11-7-10-16(12-17)14(2)24/h4-12,19H,3,13H2,1-2H3,(H2,22,23,26,27)/t19-/m1/s1. The highest BCUT2D eigenvalue weighted by Crippen LogP contribution is 2.19. The number of benzene rings is 2. The minimum absolute atomic E-state index is 0.135. The molecule has 0 bridgehead atoms. The molecule has 2 aromatic carbocycles. The minimum Gasteiger partial charge on any atom is -0.482 e. The van der Waals surface area contributed by atoms with Crippen LogP contribution >= 0.6 is 0 Å². The molecule has 2 N–H and O–H groups in total. The first-order valence-electron chi connectivity index (χ1n) is 8.97. The number of hydrogen-bond acceptors (Lipinski definition) is 6. The zero-order valence-electron chi connectivity index (χ0n) is 16.1. The van der Waals surface area contributed by atoms with Gasteiger partial charge in [0.1, 0.15) is 5.75 Å². The fourth-order valence-electron chi connectivity index (χ4n) is 2.40. The average Bonchev–Trinajstić information content (AvgIpc) is 2.71. The first-order valence-corrected chi connectivity index (χ1v) is 8.97. The van der Waals surface area contributed by atoms with Crippen LogP contribution in [0.3, 0.4) is 0 Å². The Morgan fingerprint density at radius 2 is 1.72 bits per heavy atom. The number of imide groups is 1. The molecule has 0 aromatic heterocycles. The van der Waals surface area contributed by atoms with Gasteiger partial charge in [0.15, 0.2) is 12.4 Å². The summed E-state index contributed by atoms with van der Waals surface area (Å²) in [5.41, 5.74) is 0.848. The van der Waals surface area contributed by atoms with Crippen molar-refractivity contribution in [3.8, 4) is 5.75 Å². The van der Waals surface area contributed by atoms with Gasteiger partial charge in [0.2, 0.25) is 6.10 Å². The van der Waals surface area contributed by atoms with E-state index >= 15 is 0 Å². The monoisotopic (exact) mass is 398 g/mol. The number of esters is 1. The molecule has 8 nitrogen and oxygen atoms in total. The van der Waals surface area contributed by atoms with Crippen molar-refractivity contribution in [2.75, 3.05) is 13.2 Å². The lowest BCUT2D eigenvalue weighted by Crippen LogP contribution is -2.42. The predicted octanol–water partition coefficient (Wildman–Crippen LogP) is 2.40. The van der Waals surface area contributed by atoms with Crippen LogP contribution in [-0.4, -0.2) is 36.8 Å². The summed E-state index contributed by atoms with van der Waals surface area (Å²) in [6.07, 6.45) is -1.32. The normalized spacial score (nSPS) is 11.1. The molecular formula is C21H22N2O6. The first-order chi connectivity index (χ1) is 13.9. The Kier molecular flexibility index (Phi) is 7.90. The van der Waals surface area contributed by atoms with Crippen molar-refractivity contribution in [2.24, 2.45) is 0 Å². The second-order valence-electron chi connectivity index (χ2n) is 6.00. The third-order valence-electron chi connectivity index (χ3n) is 3.76. The second kappa shape index (κ2) is 10.6. The van der Waals surface area contributed by atoms with Gasteiger partial charge in [-0.3, -0.25) is 14.9 Å². The zero-order valence-corrected chi connectivity index (χ0v) is 16.1. The summed E-state index contributed by atoms with van der Waals surface area (Å²) in [4.78, 5) is 47.7. The number of nitrogens with one attached hydrogen (secondary N) is 2. The number of hydrogen-bond donors (Lipinski definition) is 2. The quantitative estimate of drug-likeness (QED) is 0.522. The Labute approximate surface area is 168 Å². The molecule has 152 valence electrons. The van der Waals surface area contributed by atoms with E-state index in [1.807, 2.05) is 0 Å². The molecular weight excluding hydrogens is 376 g/mol. The Bertz CT molecular complexity index is 882. The third-order valence-corrected chi connectivity index (χ3v) is 3.76. The van der Waals surface area contributed by atoms with Gasteiger partial charge in [-0.2, -0.15) is 0 Å². The fraction of sp³-hybridized carbons (Fsp3) is 0.238. The van der Waals surface area contributed by atoms with Gasteiger partial charge in [-0.25, -0.2) is 9.59 Å². The number of Topliss-reactive ketones (excluding diaryl/α,β-unsaturated/α-hetero) is 1. The van der Waals surface area contributed by atoms with Crippen LogP contribution in [0, 0.1) is 0 Å². The maximum absolute atomic E-state index is 12.4. The first kappa shape index (κ1) is 21.6. The highest BCUT2D eigenvalue weighted by atomic mass is 16.6. The Morgan fingerprint density at radius 1 is 1.00 bits per heavy atom. The molecule has 0 aliphatic carbocycles. The van der Waals surface area contributed by atoms with Crippen molar-refractivity contribution < 1.29 is 28.7 Å². The number of urea groups is 1. The SMILES string of the molecule is CCNC(=O)NC(=O)[C@H](OC(=O)COc1cccc(C(C)=O)c1)c1ccccc1. The van der Waals surface area contributed by atoms with Crippen molar-refractivity contribution in [1.82, 2.24) is 10.6 Å². The van der Waals surface area contributed by atoms with Crippen LogP contribution in [0.5, 0.6) is 5.75 Å². The van der Waals surface area contributed by atoms with Crippen LogP contribution in [-0.2, 0) is 14.3 Å². The molecule has 2 rings (SSSR count). The number of rotatable bonds is 8. The molecule has 0 saturated carbocycles. The highest BCUT2D eigenvalue weighted by Gasteiger charge is 2.26. The number of ketones is 1. The van der Waals surface area contributed by atoms with E-state index in [1.54, 1.807) is 55.5 Å². The lowest BCUT2D eigenvalue weighted by atomic mass is 10.1. The number of carbonyl (C=O) groups excluding carboxylic acids is 4. The lowest BCUT2D eigenvalue weighted by Gasteiger charge is -2.18. The van der Waals surface area contributed by atoms with Gasteiger partial charge in [0.05, 0.1) is 0 Å². The van der Waals surface area contributed by atoms with E-state index in [-0.39, 0.29) is 5.78 Å². The van der Waals surface area contributed by atoms with Gasteiger partial charge in [0.25, 0.3) is 5.91 Å². The maximum atomic E-state index is 12.4. The van der Waals surface area contributed by atoms with E-state index in [0.29, 0.717) is 23.4 Å². The summed E-state index contributed by atoms with van der Waals surface area (Å²) in [6, 6.07) is 14.0. The van der Waals surface area contributed by atoms with Gasteiger partial charge in [-0.05, 0) is 26.0 Å². The van der Waals surface area contributed by atoms with Crippen LogP contribution in [0.1, 0.15) is 35.9 Å². The molecule has 8 heteroatoms. The molecule has 0 saturated heterocycles. The van der Waals surface area contributed by atoms with Gasteiger partial charge >= 0.3 is 12.0 Å². The van der Waals surface area contributed by atoms with Crippen LogP contribution in [0.15, 0.2) is 54.6 Å². The Morgan fingerprint density at radius 3 is 2.38 bits per heavy atom. The van der Waals surface area contributed by atoms with Crippen LogP contribution in [0.4, 0.5) is 4.79 Å². The molecule has 0 fully saturated rings. The number of carbonyl (C=O) groups is 4. The summed E-state index contributed by atoms with van der Waals surface area (Å²) in [6.45, 7) is 2.99. The van der Waals surface area contributed by atoms with Gasteiger partial charge in [0, 0.05) is 17.7 Å². The van der Waals surface area contributed by atoms with E-state index in [1.165, 1.54) is 13.0 Å². The smallest absolute Gasteiger partial charge is 0.345 e. The van der Waals surface area contributed by atoms with Gasteiger partial charge in [-0.1, -0.05) is 42.5 Å². The maximum Gasteiger partial charge on any atom is 0.345 e. The van der Waals surface area contributed by atoms with Gasteiger partial charge in [-0.15, -0.1) is 0 Å². The van der Waals surface area contributed by atoms with Crippen molar-refractivity contribution in [1.29, 1.82) is 0 Å². The molecule has 0 spiro atoms. The number of amides is 3. The molecule has 3 amide bonds. The fourth-order valence-corrected chi connectivity index (χ4v) is 2.40. The van der Waals surface area contributed by atoms with E-state index in [2.05, 4.69) is 10.6 Å². The summed E-state index contributed by atoms with van der Waals surface area (Å²) in [5.74, 6) is -1.41. The third kappa shape index (κ3) is 6.76. The summed E-state index contributed by atoms with van der Waals surface area (Å²) >= 11 is 0. The molecule has 0 aliphatic rings. The summed E-state index contributed by atoms with van der Waals surface area (Å²) < 4.78 is 10.6. The molecule has 0 heterocycles. The largest absolute Gasteiger partial charge is 0.482 e. The van der Waals surface area contributed by atoms with E-state index in [0.717, 1.165) is 0 Å². The summed E-state index contributed by atoms with van der Waals surface area (Å²) in [5, 5.41) is 4.57. The second-order valence-corrected chi connectivity index (χ2v) is 6.00. The topological polar surface area (TPSA) is 111 Å². The number of ether oxygens (including phenoxy) is 2. The Hall–Kier alpha value is -3.68. The van der Waals surface area contributed by atoms with Crippen molar-refractivity contribution in [3.05, 3.63) is 65.7 Å². The van der Waals surface area contributed by atoms with Gasteiger partial charge < -0.3 is 14.8 Å². The molecule has 29 heavy (non-hydrogen) atoms. The average molecular weight is 398 g/mol. The predicted molar refractivity (Wildman–Crippen MR) is 104 cm³/mol. The molecule has 0 aliphatic heterocycles. The summed E-state index contributed by atoms with van der Waals surface area (Å²) in [7, 11) is 0. The van der Waals surface area contributed by atoms with E-state index in [9.17, 15) is 19.2 Å². The highest BCUT2D eigenvalue weighted by molar-refractivity contribution is 5.97. The minimum atomic E-state index is -1.32. The molecule has 0 unspecified atom stereocenters. The van der Waals surface area contributed by atoms with E-state index < -0.39 is 30.6 Å². The molecule has 1 atom stereocenters. The zero-order chi connectivity index (χ0) is 21.2. The van der Waals surface area contributed by atoms with Crippen molar-refractivity contribution in [2.45, 2.75) is 20.0 Å². The molecule has 0 radical (unpaired) electrons. The lowest BCUT2D eigenvalue weighted by molar-refractivity contribution is -0.158.